The molecule has 5 heteroatoms. The molecular weight excluding hydrogens is 360 g/mol. The maximum absolute atomic E-state index is 12.9. The molecule has 0 aliphatic carbocycles. The van der Waals surface area contributed by atoms with Crippen molar-refractivity contribution < 1.29 is 4.79 Å². The molecule has 0 saturated carbocycles. The molecule has 4 rings (SSSR count). The number of rotatable bonds is 5. The summed E-state index contributed by atoms with van der Waals surface area (Å²) in [7, 11) is 0. The number of piperidine rings is 1. The average Bonchev–Trinajstić information content (AvgIpc) is 3.13. The fourth-order valence-electron chi connectivity index (χ4n) is 4.47. The van der Waals surface area contributed by atoms with E-state index in [2.05, 4.69) is 36.6 Å². The molecule has 2 N–H and O–H groups in total. The van der Waals surface area contributed by atoms with Gasteiger partial charge in [0.25, 0.3) is 0 Å². The number of hydrogen-bond donors (Lipinski definition) is 1. The minimum absolute atomic E-state index is 0.213. The molecule has 152 valence electrons. The molecule has 1 fully saturated rings. The monoisotopic (exact) mass is 390 g/mol. The smallest absolute Gasteiger partial charge is 0.222 e. The molecule has 0 spiro atoms. The number of fused-ring (bicyclic) bond motifs is 1. The van der Waals surface area contributed by atoms with Crippen LogP contribution in [-0.2, 0) is 11.2 Å². The fourth-order valence-corrected chi connectivity index (χ4v) is 4.47. The lowest BCUT2D eigenvalue weighted by atomic mass is 9.96. The van der Waals surface area contributed by atoms with Gasteiger partial charge in [-0.2, -0.15) is 0 Å². The molecule has 1 saturated heterocycles. The molecule has 3 aromatic rings. The highest BCUT2D eigenvalue weighted by Crippen LogP contribution is 2.32. The molecule has 1 unspecified atom stereocenters. The number of carbonyl (C=O) groups is 1. The summed E-state index contributed by atoms with van der Waals surface area (Å²) in [5.41, 5.74) is 10.1. The van der Waals surface area contributed by atoms with Gasteiger partial charge in [-0.1, -0.05) is 30.3 Å². The Balaban J connectivity index is 1.50. The van der Waals surface area contributed by atoms with Crippen LogP contribution in [0.15, 0.2) is 48.5 Å². The third-order valence-electron chi connectivity index (χ3n) is 5.94. The molecule has 1 aliphatic rings. The SMILES string of the molecule is CC(C)n1c(C2CCCN(C(=O)CCc3ccccc3N)C2)nc2ccccc21. The number of carbonyl (C=O) groups excluding carboxylic acids is 1. The summed E-state index contributed by atoms with van der Waals surface area (Å²) >= 11 is 0. The van der Waals surface area contributed by atoms with Crippen LogP contribution in [-0.4, -0.2) is 33.4 Å². The molecule has 1 atom stereocenters. The number of amides is 1. The number of anilines is 1. The van der Waals surface area contributed by atoms with Gasteiger partial charge < -0.3 is 15.2 Å². The second kappa shape index (κ2) is 8.27. The number of nitrogen functional groups attached to an aromatic ring is 1. The Labute approximate surface area is 172 Å². The third-order valence-corrected chi connectivity index (χ3v) is 5.94. The largest absolute Gasteiger partial charge is 0.399 e. The Kier molecular flexibility index (Phi) is 5.56. The number of hydrogen-bond acceptors (Lipinski definition) is 3. The van der Waals surface area contributed by atoms with Crippen molar-refractivity contribution in [3.05, 3.63) is 59.9 Å². The van der Waals surface area contributed by atoms with Crippen molar-refractivity contribution in [2.75, 3.05) is 18.8 Å². The lowest BCUT2D eigenvalue weighted by molar-refractivity contribution is -0.132. The van der Waals surface area contributed by atoms with Gasteiger partial charge in [-0.3, -0.25) is 4.79 Å². The van der Waals surface area contributed by atoms with Crippen LogP contribution in [0.3, 0.4) is 0 Å². The Bertz CT molecular complexity index is 1010. The highest BCUT2D eigenvalue weighted by Gasteiger charge is 2.29. The maximum Gasteiger partial charge on any atom is 0.222 e. The predicted octanol–water partition coefficient (Wildman–Crippen LogP) is 4.54. The first-order chi connectivity index (χ1) is 14.0. The van der Waals surface area contributed by atoms with Crippen LogP contribution in [0.5, 0.6) is 0 Å². The molecule has 0 bridgehead atoms. The van der Waals surface area contributed by atoms with Gasteiger partial charge in [-0.25, -0.2) is 4.98 Å². The Morgan fingerprint density at radius 1 is 1.17 bits per heavy atom. The van der Waals surface area contributed by atoms with Crippen molar-refractivity contribution in [2.24, 2.45) is 0 Å². The van der Waals surface area contributed by atoms with Crippen LogP contribution in [0.2, 0.25) is 0 Å². The van der Waals surface area contributed by atoms with Gasteiger partial charge >= 0.3 is 0 Å². The quantitative estimate of drug-likeness (QED) is 0.651. The van der Waals surface area contributed by atoms with Crippen LogP contribution < -0.4 is 5.73 Å². The van der Waals surface area contributed by atoms with E-state index in [1.165, 1.54) is 5.52 Å². The Morgan fingerprint density at radius 2 is 1.93 bits per heavy atom. The van der Waals surface area contributed by atoms with E-state index in [0.717, 1.165) is 48.5 Å². The number of aromatic nitrogens is 2. The van der Waals surface area contributed by atoms with Gasteiger partial charge in [0.1, 0.15) is 5.82 Å². The summed E-state index contributed by atoms with van der Waals surface area (Å²) in [6.45, 7) is 5.99. The molecule has 29 heavy (non-hydrogen) atoms. The Morgan fingerprint density at radius 3 is 2.72 bits per heavy atom. The van der Waals surface area contributed by atoms with Crippen molar-refractivity contribution in [1.29, 1.82) is 0 Å². The lowest BCUT2D eigenvalue weighted by Crippen LogP contribution is -2.40. The zero-order valence-corrected chi connectivity index (χ0v) is 17.3. The van der Waals surface area contributed by atoms with Crippen LogP contribution in [0, 0.1) is 0 Å². The van der Waals surface area contributed by atoms with E-state index < -0.39 is 0 Å². The topological polar surface area (TPSA) is 64.2 Å². The number of imidazole rings is 1. The first kappa shape index (κ1) is 19.5. The number of aryl methyl sites for hydroxylation is 1. The molecule has 0 radical (unpaired) electrons. The summed E-state index contributed by atoms with van der Waals surface area (Å²) in [4.78, 5) is 19.9. The van der Waals surface area contributed by atoms with Crippen molar-refractivity contribution in [2.45, 2.75) is 51.5 Å². The van der Waals surface area contributed by atoms with Gasteiger partial charge in [-0.05, 0) is 56.9 Å². The zero-order valence-electron chi connectivity index (χ0n) is 17.3. The van der Waals surface area contributed by atoms with Gasteiger partial charge in [0.15, 0.2) is 0 Å². The molecule has 1 aromatic heterocycles. The molecule has 5 nitrogen and oxygen atoms in total. The Hall–Kier alpha value is -2.82. The van der Waals surface area contributed by atoms with Crippen molar-refractivity contribution in [3.63, 3.8) is 0 Å². The van der Waals surface area contributed by atoms with Gasteiger partial charge in [-0.15, -0.1) is 0 Å². The molecule has 1 amide bonds. The van der Waals surface area contributed by atoms with E-state index in [-0.39, 0.29) is 11.8 Å². The van der Waals surface area contributed by atoms with E-state index in [9.17, 15) is 4.79 Å². The minimum atomic E-state index is 0.213. The second-order valence-electron chi connectivity index (χ2n) is 8.30. The molecule has 1 aliphatic heterocycles. The van der Waals surface area contributed by atoms with Crippen LogP contribution in [0.4, 0.5) is 5.69 Å². The first-order valence-corrected chi connectivity index (χ1v) is 10.6. The highest BCUT2D eigenvalue weighted by molar-refractivity contribution is 5.78. The number of nitrogens with two attached hydrogens (primary N) is 1. The van der Waals surface area contributed by atoms with Crippen LogP contribution in [0.1, 0.15) is 56.5 Å². The standard InChI is InChI=1S/C24H30N4O/c1-17(2)28-22-12-6-5-11-21(22)26-24(28)19-9-7-15-27(16-19)23(29)14-13-18-8-3-4-10-20(18)25/h3-6,8,10-12,17,19H,7,9,13-16,25H2,1-2H3. The van der Waals surface area contributed by atoms with Crippen molar-refractivity contribution >= 4 is 22.6 Å². The van der Waals surface area contributed by atoms with Crippen molar-refractivity contribution in [1.82, 2.24) is 14.5 Å². The maximum atomic E-state index is 12.9. The number of nitrogens with zero attached hydrogens (tertiary/aromatic N) is 3. The zero-order chi connectivity index (χ0) is 20.4. The summed E-state index contributed by atoms with van der Waals surface area (Å²) in [6, 6.07) is 16.5. The van der Waals surface area contributed by atoms with E-state index in [0.29, 0.717) is 18.9 Å². The summed E-state index contributed by atoms with van der Waals surface area (Å²) < 4.78 is 2.35. The fraction of sp³-hybridized carbons (Fsp3) is 0.417. The first-order valence-electron chi connectivity index (χ1n) is 10.6. The summed E-state index contributed by atoms with van der Waals surface area (Å²) in [5.74, 6) is 1.61. The van der Waals surface area contributed by atoms with E-state index >= 15 is 0 Å². The van der Waals surface area contributed by atoms with Gasteiger partial charge in [0.05, 0.1) is 11.0 Å². The van der Waals surface area contributed by atoms with Crippen molar-refractivity contribution in [3.8, 4) is 0 Å². The average molecular weight is 391 g/mol. The minimum Gasteiger partial charge on any atom is -0.399 e. The highest BCUT2D eigenvalue weighted by atomic mass is 16.2. The third kappa shape index (κ3) is 4.00. The number of benzene rings is 2. The predicted molar refractivity (Wildman–Crippen MR) is 118 cm³/mol. The number of likely N-dealkylation sites (tertiary alicyclic amines) is 1. The molecular formula is C24H30N4O. The summed E-state index contributed by atoms with van der Waals surface area (Å²) in [5, 5.41) is 0. The van der Waals surface area contributed by atoms with E-state index in [1.54, 1.807) is 0 Å². The van der Waals surface area contributed by atoms with Gasteiger partial charge in [0, 0.05) is 37.2 Å². The summed E-state index contributed by atoms with van der Waals surface area (Å²) in [6.07, 6.45) is 3.29. The molecule has 2 heterocycles. The second-order valence-corrected chi connectivity index (χ2v) is 8.30. The van der Waals surface area contributed by atoms with E-state index in [1.807, 2.05) is 35.2 Å². The van der Waals surface area contributed by atoms with Gasteiger partial charge in [0.2, 0.25) is 5.91 Å². The number of para-hydroxylation sites is 3. The normalized spacial score (nSPS) is 17.2. The molecule has 2 aromatic carbocycles. The van der Waals surface area contributed by atoms with Crippen LogP contribution in [0.25, 0.3) is 11.0 Å². The van der Waals surface area contributed by atoms with E-state index in [4.69, 9.17) is 10.7 Å². The lowest BCUT2D eigenvalue weighted by Gasteiger charge is -2.33. The van der Waals surface area contributed by atoms with Crippen LogP contribution >= 0.6 is 0 Å².